The van der Waals surface area contributed by atoms with Gasteiger partial charge in [-0.05, 0) is 83.3 Å². The van der Waals surface area contributed by atoms with Crippen molar-refractivity contribution in [1.29, 1.82) is 0 Å². The summed E-state index contributed by atoms with van der Waals surface area (Å²) in [5.74, 6) is 0. The Balaban J connectivity index is 1.33. The quantitative estimate of drug-likeness (QED) is 0.198. The molecule has 0 aliphatic heterocycles. The molecule has 2 heteroatoms. The molecule has 7 aromatic carbocycles. The van der Waals surface area contributed by atoms with Crippen LogP contribution in [0.4, 0.5) is 0 Å². The van der Waals surface area contributed by atoms with Crippen molar-refractivity contribution in [3.05, 3.63) is 169 Å². The molecule has 2 nitrogen and oxygen atoms in total. The summed E-state index contributed by atoms with van der Waals surface area (Å²) in [6.45, 7) is 2.21. The van der Waals surface area contributed by atoms with E-state index in [0.29, 0.717) is 0 Å². The first-order valence-corrected chi connectivity index (χ1v) is 15.5. The van der Waals surface area contributed by atoms with E-state index in [2.05, 4.69) is 180 Å². The van der Waals surface area contributed by atoms with Gasteiger partial charge in [-0.3, -0.25) is 0 Å². The van der Waals surface area contributed by atoms with Crippen molar-refractivity contribution in [2.24, 2.45) is 0 Å². The minimum absolute atomic E-state index is 1.15. The van der Waals surface area contributed by atoms with Crippen LogP contribution in [0.2, 0.25) is 0 Å². The van der Waals surface area contributed by atoms with Crippen molar-refractivity contribution in [3.8, 4) is 33.6 Å². The van der Waals surface area contributed by atoms with E-state index in [1.54, 1.807) is 0 Å². The Bertz CT molecular complexity index is 2440. The maximum absolute atomic E-state index is 2.42. The van der Waals surface area contributed by atoms with Gasteiger partial charge in [0.15, 0.2) is 0 Å². The monoisotopic (exact) mass is 574 g/mol. The highest BCUT2D eigenvalue weighted by molar-refractivity contribution is 6.10. The molecule has 9 aromatic rings. The van der Waals surface area contributed by atoms with Crippen LogP contribution in [-0.4, -0.2) is 9.13 Å². The van der Waals surface area contributed by atoms with Crippen LogP contribution >= 0.6 is 0 Å². The number of hydrogen-bond acceptors (Lipinski definition) is 0. The highest BCUT2D eigenvalue weighted by Crippen LogP contribution is 2.39. The van der Waals surface area contributed by atoms with Gasteiger partial charge in [0.05, 0.1) is 22.1 Å². The normalized spacial score (nSPS) is 11.7. The maximum atomic E-state index is 2.42. The summed E-state index contributed by atoms with van der Waals surface area (Å²) in [6.07, 6.45) is 0. The first-order valence-electron chi connectivity index (χ1n) is 15.5. The Labute approximate surface area is 262 Å². The van der Waals surface area contributed by atoms with Crippen molar-refractivity contribution in [2.75, 3.05) is 0 Å². The van der Waals surface area contributed by atoms with Crippen molar-refractivity contribution in [1.82, 2.24) is 9.13 Å². The maximum Gasteiger partial charge on any atom is 0.0541 e. The Morgan fingerprint density at radius 3 is 1.33 bits per heavy atom. The SMILES string of the molecule is Cc1cc(-c2cc(-n3c4ccccc4c4ccccc43)ccc2-c2ccccc2)cc(-n2c3ccccc3c3ccccc32)c1. The highest BCUT2D eigenvalue weighted by Gasteiger charge is 2.17. The van der Waals surface area contributed by atoms with E-state index >= 15 is 0 Å². The van der Waals surface area contributed by atoms with Crippen LogP contribution in [0.3, 0.4) is 0 Å². The van der Waals surface area contributed by atoms with Crippen molar-refractivity contribution >= 4 is 43.6 Å². The molecule has 0 unspecified atom stereocenters. The molecular weight excluding hydrogens is 544 g/mol. The second kappa shape index (κ2) is 10.1. The average molecular weight is 575 g/mol. The van der Waals surface area contributed by atoms with Gasteiger partial charge in [-0.2, -0.15) is 0 Å². The largest absolute Gasteiger partial charge is 0.309 e. The average Bonchev–Trinajstić information content (AvgIpc) is 3.61. The molecule has 0 aliphatic carbocycles. The standard InChI is InChI=1S/C43H30N2/c1-29-25-31(27-33(26-29)45-42-21-11-7-17-37(42)38-18-8-12-22-43(38)45)39-28-32(23-24-34(39)30-13-3-2-4-14-30)44-40-19-9-5-15-35(40)36-16-6-10-20-41(36)44/h2-28H,1H3. The molecule has 212 valence electrons. The fraction of sp³-hybridized carbons (Fsp3) is 0.0233. The van der Waals surface area contributed by atoms with E-state index in [4.69, 9.17) is 0 Å². The molecule has 0 saturated carbocycles. The third kappa shape index (κ3) is 4.03. The van der Waals surface area contributed by atoms with Crippen molar-refractivity contribution in [2.45, 2.75) is 6.92 Å². The first kappa shape index (κ1) is 25.6. The van der Waals surface area contributed by atoms with Gasteiger partial charge in [0.25, 0.3) is 0 Å². The van der Waals surface area contributed by atoms with Gasteiger partial charge >= 0.3 is 0 Å². The van der Waals surface area contributed by atoms with Crippen LogP contribution in [0.15, 0.2) is 164 Å². The van der Waals surface area contributed by atoms with E-state index in [1.165, 1.54) is 77.1 Å². The molecule has 0 atom stereocenters. The van der Waals surface area contributed by atoms with Crippen LogP contribution in [0.25, 0.3) is 77.2 Å². The van der Waals surface area contributed by atoms with E-state index in [9.17, 15) is 0 Å². The second-order valence-corrected chi connectivity index (χ2v) is 11.9. The summed E-state index contributed by atoms with van der Waals surface area (Å²) in [4.78, 5) is 0. The summed E-state index contributed by atoms with van der Waals surface area (Å²) >= 11 is 0. The molecule has 0 spiro atoms. The summed E-state index contributed by atoms with van der Waals surface area (Å²) in [7, 11) is 0. The lowest BCUT2D eigenvalue weighted by molar-refractivity contribution is 1.17. The van der Waals surface area contributed by atoms with Gasteiger partial charge in [-0.25, -0.2) is 0 Å². The van der Waals surface area contributed by atoms with E-state index < -0.39 is 0 Å². The van der Waals surface area contributed by atoms with E-state index in [1.807, 2.05) is 0 Å². The van der Waals surface area contributed by atoms with Crippen LogP contribution in [-0.2, 0) is 0 Å². The molecule has 0 fully saturated rings. The Morgan fingerprint density at radius 1 is 0.333 bits per heavy atom. The number of nitrogens with zero attached hydrogens (tertiary/aromatic N) is 2. The predicted molar refractivity (Wildman–Crippen MR) is 191 cm³/mol. The minimum atomic E-state index is 1.15. The number of fused-ring (bicyclic) bond motifs is 6. The zero-order chi connectivity index (χ0) is 29.9. The van der Waals surface area contributed by atoms with Gasteiger partial charge in [0, 0.05) is 32.9 Å². The minimum Gasteiger partial charge on any atom is -0.309 e. The third-order valence-electron chi connectivity index (χ3n) is 9.14. The number of hydrogen-bond donors (Lipinski definition) is 0. The number of rotatable bonds is 4. The van der Waals surface area contributed by atoms with Crippen LogP contribution < -0.4 is 0 Å². The van der Waals surface area contributed by atoms with Gasteiger partial charge in [0.1, 0.15) is 0 Å². The van der Waals surface area contributed by atoms with Crippen molar-refractivity contribution < 1.29 is 0 Å². The second-order valence-electron chi connectivity index (χ2n) is 11.9. The van der Waals surface area contributed by atoms with Crippen LogP contribution in [0.1, 0.15) is 5.56 Å². The van der Waals surface area contributed by atoms with E-state index in [-0.39, 0.29) is 0 Å². The van der Waals surface area contributed by atoms with E-state index in [0.717, 1.165) is 5.69 Å². The topological polar surface area (TPSA) is 9.86 Å². The third-order valence-corrected chi connectivity index (χ3v) is 9.14. The first-order chi connectivity index (χ1) is 22.2. The molecule has 45 heavy (non-hydrogen) atoms. The Hall–Kier alpha value is -5.86. The Morgan fingerprint density at radius 2 is 0.800 bits per heavy atom. The van der Waals surface area contributed by atoms with Gasteiger partial charge in [0.2, 0.25) is 0 Å². The summed E-state index contributed by atoms with van der Waals surface area (Å²) < 4.78 is 4.83. The summed E-state index contributed by atoms with van der Waals surface area (Å²) in [5.41, 5.74) is 13.3. The molecule has 2 heterocycles. The lowest BCUT2D eigenvalue weighted by Crippen LogP contribution is -1.98. The van der Waals surface area contributed by atoms with Crippen molar-refractivity contribution in [3.63, 3.8) is 0 Å². The number of aromatic nitrogens is 2. The highest BCUT2D eigenvalue weighted by atomic mass is 15.0. The van der Waals surface area contributed by atoms with Crippen LogP contribution in [0.5, 0.6) is 0 Å². The summed E-state index contributed by atoms with van der Waals surface area (Å²) in [6, 6.07) is 59.6. The molecule has 9 rings (SSSR count). The molecule has 0 aliphatic rings. The lowest BCUT2D eigenvalue weighted by atomic mass is 9.92. The molecule has 0 radical (unpaired) electrons. The fourth-order valence-corrected chi connectivity index (χ4v) is 7.23. The molecule has 0 bridgehead atoms. The zero-order valence-electron chi connectivity index (χ0n) is 25.0. The van der Waals surface area contributed by atoms with Crippen LogP contribution in [0, 0.1) is 6.92 Å². The van der Waals surface area contributed by atoms with Gasteiger partial charge < -0.3 is 9.13 Å². The molecule has 0 saturated heterocycles. The summed E-state index contributed by atoms with van der Waals surface area (Å²) in [5, 5.41) is 5.08. The molecule has 2 aromatic heterocycles. The van der Waals surface area contributed by atoms with Gasteiger partial charge in [-0.15, -0.1) is 0 Å². The Kier molecular flexibility index (Phi) is 5.76. The molecular formula is C43H30N2. The number of aryl methyl sites for hydroxylation is 1. The lowest BCUT2D eigenvalue weighted by Gasteiger charge is -2.17. The van der Waals surface area contributed by atoms with Gasteiger partial charge in [-0.1, -0.05) is 115 Å². The zero-order valence-corrected chi connectivity index (χ0v) is 25.0. The molecule has 0 N–H and O–H groups in total. The fourth-order valence-electron chi connectivity index (χ4n) is 7.23. The molecule has 0 amide bonds. The smallest absolute Gasteiger partial charge is 0.0541 e. The number of para-hydroxylation sites is 4. The number of benzene rings is 7. The predicted octanol–water partition coefficient (Wildman–Crippen LogP) is 11.5.